The van der Waals surface area contributed by atoms with Crippen LogP contribution in [0.25, 0.3) is 0 Å². The molecule has 2 nitrogen and oxygen atoms in total. The molecule has 1 unspecified atom stereocenters. The second kappa shape index (κ2) is 2.96. The molecule has 0 radical (unpaired) electrons. The predicted molar refractivity (Wildman–Crippen MR) is 51.2 cm³/mol. The molecule has 2 bridgehead atoms. The van der Waals surface area contributed by atoms with Gasteiger partial charge in [-0.3, -0.25) is 0 Å². The van der Waals surface area contributed by atoms with Gasteiger partial charge in [0.15, 0.2) is 0 Å². The summed E-state index contributed by atoms with van der Waals surface area (Å²) in [4.78, 5) is 0. The Morgan fingerprint density at radius 3 is 2.92 bits per heavy atom. The van der Waals surface area contributed by atoms with Crippen LogP contribution in [0.3, 0.4) is 0 Å². The number of allylic oxidation sites excluding steroid dienone is 1. The molecule has 0 spiro atoms. The van der Waals surface area contributed by atoms with Crippen LogP contribution < -0.4 is 0 Å². The summed E-state index contributed by atoms with van der Waals surface area (Å²) in [5.74, 6) is 0.507. The molecule has 72 valence electrons. The molecule has 2 aliphatic carbocycles. The lowest BCUT2D eigenvalue weighted by Gasteiger charge is -2.29. The van der Waals surface area contributed by atoms with Crippen LogP contribution >= 0.6 is 0 Å². The SMILES string of the molecule is CC1CC2=CC(CO)=C[C@@]1(CO)C2. The van der Waals surface area contributed by atoms with E-state index in [1.54, 1.807) is 0 Å². The minimum absolute atomic E-state index is 0.0673. The Kier molecular flexibility index (Phi) is 2.05. The highest BCUT2D eigenvalue weighted by atomic mass is 16.3. The molecule has 13 heavy (non-hydrogen) atoms. The standard InChI is InChI=1S/C11H16O2/c1-8-2-9-3-10(6-12)5-11(8,4-9)7-13/h3,5,8,12-13H,2,4,6-7H2,1H3/t8?,11-/m1/s1. The molecular weight excluding hydrogens is 164 g/mol. The van der Waals surface area contributed by atoms with Gasteiger partial charge in [0.25, 0.3) is 0 Å². The molecule has 0 amide bonds. The van der Waals surface area contributed by atoms with Crippen LogP contribution in [0.4, 0.5) is 0 Å². The highest BCUT2D eigenvalue weighted by Crippen LogP contribution is 2.50. The van der Waals surface area contributed by atoms with Crippen molar-refractivity contribution in [2.24, 2.45) is 11.3 Å². The third-order valence-electron chi connectivity index (χ3n) is 3.45. The molecule has 0 heterocycles. The van der Waals surface area contributed by atoms with Gasteiger partial charge in [-0.15, -0.1) is 0 Å². The van der Waals surface area contributed by atoms with Crippen molar-refractivity contribution in [3.63, 3.8) is 0 Å². The van der Waals surface area contributed by atoms with E-state index in [4.69, 9.17) is 5.11 Å². The van der Waals surface area contributed by atoms with Crippen molar-refractivity contribution in [2.45, 2.75) is 19.8 Å². The topological polar surface area (TPSA) is 40.5 Å². The van der Waals surface area contributed by atoms with Crippen LogP contribution in [0, 0.1) is 11.3 Å². The van der Waals surface area contributed by atoms with Gasteiger partial charge in [0.1, 0.15) is 0 Å². The molecule has 2 atom stereocenters. The van der Waals surface area contributed by atoms with E-state index in [-0.39, 0.29) is 18.6 Å². The monoisotopic (exact) mass is 180 g/mol. The molecule has 1 fully saturated rings. The van der Waals surface area contributed by atoms with E-state index in [9.17, 15) is 5.11 Å². The average Bonchev–Trinajstić information content (AvgIpc) is 2.38. The molecule has 0 saturated heterocycles. The van der Waals surface area contributed by atoms with Gasteiger partial charge < -0.3 is 10.2 Å². The quantitative estimate of drug-likeness (QED) is 0.671. The third kappa shape index (κ3) is 1.25. The first-order valence-corrected chi connectivity index (χ1v) is 4.83. The van der Waals surface area contributed by atoms with Gasteiger partial charge in [0.05, 0.1) is 13.2 Å². The zero-order chi connectivity index (χ0) is 9.47. The van der Waals surface area contributed by atoms with Crippen molar-refractivity contribution in [3.05, 3.63) is 23.3 Å². The highest BCUT2D eigenvalue weighted by Gasteiger charge is 2.42. The lowest BCUT2D eigenvalue weighted by molar-refractivity contribution is 0.137. The fraction of sp³-hybridized carbons (Fsp3) is 0.636. The van der Waals surface area contributed by atoms with Crippen LogP contribution in [0.5, 0.6) is 0 Å². The molecule has 0 aliphatic heterocycles. The molecule has 2 N–H and O–H groups in total. The Morgan fingerprint density at radius 1 is 1.54 bits per heavy atom. The first kappa shape index (κ1) is 8.97. The van der Waals surface area contributed by atoms with Crippen molar-refractivity contribution in [2.75, 3.05) is 13.2 Å². The van der Waals surface area contributed by atoms with Crippen molar-refractivity contribution in [1.29, 1.82) is 0 Å². The maximum atomic E-state index is 9.40. The molecule has 2 heteroatoms. The Labute approximate surface area is 78.6 Å². The van der Waals surface area contributed by atoms with E-state index >= 15 is 0 Å². The zero-order valence-corrected chi connectivity index (χ0v) is 7.95. The minimum Gasteiger partial charge on any atom is -0.395 e. The minimum atomic E-state index is -0.0673. The van der Waals surface area contributed by atoms with Gasteiger partial charge in [-0.1, -0.05) is 24.6 Å². The normalized spacial score (nSPS) is 37.3. The molecule has 0 aromatic heterocycles. The number of aliphatic hydroxyl groups excluding tert-OH is 2. The van der Waals surface area contributed by atoms with Gasteiger partial charge >= 0.3 is 0 Å². The fourth-order valence-corrected chi connectivity index (χ4v) is 2.59. The number of aliphatic hydroxyl groups is 2. The zero-order valence-electron chi connectivity index (χ0n) is 7.95. The second-order valence-electron chi connectivity index (χ2n) is 4.35. The maximum Gasteiger partial charge on any atom is 0.0679 e. The van der Waals surface area contributed by atoms with Crippen LogP contribution in [-0.4, -0.2) is 23.4 Å². The summed E-state index contributed by atoms with van der Waals surface area (Å²) in [5.41, 5.74) is 2.29. The smallest absolute Gasteiger partial charge is 0.0679 e. The number of rotatable bonds is 2. The van der Waals surface area contributed by atoms with Crippen molar-refractivity contribution in [3.8, 4) is 0 Å². The lowest BCUT2D eigenvalue weighted by Crippen LogP contribution is -2.27. The highest BCUT2D eigenvalue weighted by molar-refractivity contribution is 5.37. The van der Waals surface area contributed by atoms with E-state index in [1.165, 1.54) is 5.57 Å². The molecule has 2 rings (SSSR count). The molecule has 1 saturated carbocycles. The van der Waals surface area contributed by atoms with Crippen LogP contribution in [0.15, 0.2) is 23.3 Å². The number of fused-ring (bicyclic) bond motifs is 2. The Bertz CT molecular complexity index is 278. The first-order valence-electron chi connectivity index (χ1n) is 4.83. The van der Waals surface area contributed by atoms with E-state index in [0.717, 1.165) is 18.4 Å². The summed E-state index contributed by atoms with van der Waals surface area (Å²) in [6, 6.07) is 0. The van der Waals surface area contributed by atoms with E-state index in [2.05, 4.69) is 19.1 Å². The van der Waals surface area contributed by atoms with E-state index in [1.807, 2.05) is 0 Å². The van der Waals surface area contributed by atoms with E-state index in [0.29, 0.717) is 5.92 Å². The second-order valence-corrected chi connectivity index (χ2v) is 4.35. The van der Waals surface area contributed by atoms with Crippen molar-refractivity contribution in [1.82, 2.24) is 0 Å². The summed E-state index contributed by atoms with van der Waals surface area (Å²) in [5, 5.41) is 18.5. The summed E-state index contributed by atoms with van der Waals surface area (Å²) in [6.45, 7) is 2.47. The van der Waals surface area contributed by atoms with Crippen LogP contribution in [0.2, 0.25) is 0 Å². The number of hydrogen-bond acceptors (Lipinski definition) is 2. The van der Waals surface area contributed by atoms with Crippen LogP contribution in [0.1, 0.15) is 19.8 Å². The predicted octanol–water partition coefficient (Wildman–Crippen LogP) is 1.25. The summed E-state index contributed by atoms with van der Waals surface area (Å²) >= 11 is 0. The number of hydrogen-bond donors (Lipinski definition) is 2. The van der Waals surface area contributed by atoms with Gasteiger partial charge in [0, 0.05) is 5.41 Å². The molecule has 2 aliphatic rings. The van der Waals surface area contributed by atoms with Crippen LogP contribution in [-0.2, 0) is 0 Å². The molecule has 0 aromatic carbocycles. The summed E-state index contributed by atoms with van der Waals surface area (Å²) in [7, 11) is 0. The molecule has 0 aromatic rings. The van der Waals surface area contributed by atoms with Gasteiger partial charge in [0.2, 0.25) is 0 Å². The fourth-order valence-electron chi connectivity index (χ4n) is 2.59. The lowest BCUT2D eigenvalue weighted by atomic mass is 9.77. The van der Waals surface area contributed by atoms with E-state index < -0.39 is 0 Å². The summed E-state index contributed by atoms with van der Waals surface area (Å²) < 4.78 is 0. The maximum absolute atomic E-state index is 9.40. The molecular formula is C11H16O2. The first-order chi connectivity index (χ1) is 6.20. The Morgan fingerprint density at radius 2 is 2.31 bits per heavy atom. The third-order valence-corrected chi connectivity index (χ3v) is 3.45. The van der Waals surface area contributed by atoms with Gasteiger partial charge in [-0.05, 0) is 24.3 Å². The summed E-state index contributed by atoms with van der Waals surface area (Å²) in [6.07, 6.45) is 6.19. The average molecular weight is 180 g/mol. The van der Waals surface area contributed by atoms with Gasteiger partial charge in [-0.25, -0.2) is 0 Å². The van der Waals surface area contributed by atoms with Crippen molar-refractivity contribution < 1.29 is 10.2 Å². The van der Waals surface area contributed by atoms with Gasteiger partial charge in [-0.2, -0.15) is 0 Å². The van der Waals surface area contributed by atoms with Crippen molar-refractivity contribution >= 4 is 0 Å². The largest absolute Gasteiger partial charge is 0.395 e. The Hall–Kier alpha value is -0.600. The Balaban J connectivity index is 2.37.